The summed E-state index contributed by atoms with van der Waals surface area (Å²) in [5.41, 5.74) is 0.441. The highest BCUT2D eigenvalue weighted by Gasteiger charge is 2.45. The van der Waals surface area contributed by atoms with Gasteiger partial charge < -0.3 is 9.47 Å². The molecule has 2 aliphatic rings. The average molecular weight is 246 g/mol. The normalized spacial score (nSPS) is 30.1. The Morgan fingerprint density at radius 3 is 2.94 bits per heavy atom. The van der Waals surface area contributed by atoms with Crippen molar-refractivity contribution in [1.29, 1.82) is 0 Å². The van der Waals surface area contributed by atoms with E-state index in [4.69, 9.17) is 9.47 Å². The summed E-state index contributed by atoms with van der Waals surface area (Å²) < 4.78 is 11.4. The van der Waals surface area contributed by atoms with E-state index in [9.17, 15) is 4.79 Å². The smallest absolute Gasteiger partial charge is 0.170 e. The molecular formula is C15H18O3. The topological polar surface area (TPSA) is 35.5 Å². The summed E-state index contributed by atoms with van der Waals surface area (Å²) in [4.78, 5) is 12.2. The minimum atomic E-state index is -0.254. The summed E-state index contributed by atoms with van der Waals surface area (Å²) in [5, 5.41) is 0. The van der Waals surface area contributed by atoms with Gasteiger partial charge in [0.05, 0.1) is 19.1 Å². The Hall–Kier alpha value is -1.51. The Bertz CT molecular complexity index is 495. The number of fused-ring (bicyclic) bond motifs is 1. The van der Waals surface area contributed by atoms with Gasteiger partial charge in [0, 0.05) is 6.07 Å². The second kappa shape index (κ2) is 4.01. The third kappa shape index (κ3) is 1.78. The number of Topliss-reactive ketones (excluding diaryl/α,β-unsaturated/α-hetero) is 1. The Morgan fingerprint density at radius 2 is 2.28 bits per heavy atom. The number of rotatable bonds is 1. The summed E-state index contributed by atoms with van der Waals surface area (Å²) in [6.45, 7) is 2.23. The van der Waals surface area contributed by atoms with Crippen LogP contribution in [0.3, 0.4) is 0 Å². The average Bonchev–Trinajstić information content (AvgIpc) is 2.69. The van der Waals surface area contributed by atoms with Crippen LogP contribution in [0.4, 0.5) is 0 Å². The van der Waals surface area contributed by atoms with E-state index < -0.39 is 0 Å². The lowest BCUT2D eigenvalue weighted by Crippen LogP contribution is -2.39. The van der Waals surface area contributed by atoms with Crippen molar-refractivity contribution < 1.29 is 14.3 Å². The molecule has 1 fully saturated rings. The first kappa shape index (κ1) is 11.6. The highest BCUT2D eigenvalue weighted by Crippen LogP contribution is 2.45. The zero-order chi connectivity index (χ0) is 12.8. The third-order valence-corrected chi connectivity index (χ3v) is 4.11. The van der Waals surface area contributed by atoms with Gasteiger partial charge in [0.15, 0.2) is 5.78 Å². The van der Waals surface area contributed by atoms with Crippen molar-refractivity contribution in [1.82, 2.24) is 0 Å². The number of methoxy groups -OCH3 is 1. The van der Waals surface area contributed by atoms with E-state index in [-0.39, 0.29) is 11.4 Å². The SMILES string of the molecule is COc1ccc2c(c1)OC1(CCC(C)C1)CC2=O. The minimum absolute atomic E-state index is 0.202. The predicted octanol–water partition coefficient (Wildman–Crippen LogP) is 3.22. The quantitative estimate of drug-likeness (QED) is 0.763. The van der Waals surface area contributed by atoms with Crippen LogP contribution < -0.4 is 9.47 Å². The molecule has 0 radical (unpaired) electrons. The van der Waals surface area contributed by atoms with Gasteiger partial charge in [-0.15, -0.1) is 0 Å². The van der Waals surface area contributed by atoms with Crippen LogP contribution in [-0.2, 0) is 0 Å². The van der Waals surface area contributed by atoms with E-state index in [0.29, 0.717) is 23.7 Å². The number of carbonyl (C=O) groups excluding carboxylic acids is 1. The van der Waals surface area contributed by atoms with E-state index in [1.54, 1.807) is 7.11 Å². The first-order chi connectivity index (χ1) is 8.62. The van der Waals surface area contributed by atoms with Crippen molar-refractivity contribution in [3.8, 4) is 11.5 Å². The number of carbonyl (C=O) groups is 1. The number of ketones is 1. The van der Waals surface area contributed by atoms with E-state index >= 15 is 0 Å². The fourth-order valence-electron chi connectivity index (χ4n) is 3.20. The highest BCUT2D eigenvalue weighted by atomic mass is 16.5. The number of hydrogen-bond donors (Lipinski definition) is 0. The Labute approximate surface area is 107 Å². The van der Waals surface area contributed by atoms with Crippen molar-refractivity contribution in [3.05, 3.63) is 23.8 Å². The molecule has 1 saturated carbocycles. The zero-order valence-corrected chi connectivity index (χ0v) is 10.9. The summed E-state index contributed by atoms with van der Waals surface area (Å²) in [5.74, 6) is 2.28. The molecule has 18 heavy (non-hydrogen) atoms. The van der Waals surface area contributed by atoms with Gasteiger partial charge >= 0.3 is 0 Å². The Balaban J connectivity index is 1.97. The predicted molar refractivity (Wildman–Crippen MR) is 68.3 cm³/mol. The van der Waals surface area contributed by atoms with Crippen LogP contribution in [-0.4, -0.2) is 18.5 Å². The van der Waals surface area contributed by atoms with Crippen molar-refractivity contribution in [3.63, 3.8) is 0 Å². The molecule has 2 unspecified atom stereocenters. The van der Waals surface area contributed by atoms with Gasteiger partial charge in [-0.05, 0) is 37.3 Å². The lowest BCUT2D eigenvalue weighted by atomic mass is 9.88. The molecule has 0 aromatic heterocycles. The number of ether oxygens (including phenoxy) is 2. The minimum Gasteiger partial charge on any atom is -0.497 e. The molecule has 0 saturated heterocycles. The Kier molecular flexibility index (Phi) is 2.58. The van der Waals surface area contributed by atoms with Gasteiger partial charge in [0.1, 0.15) is 17.1 Å². The maximum atomic E-state index is 12.2. The molecule has 96 valence electrons. The molecule has 1 aliphatic heterocycles. The largest absolute Gasteiger partial charge is 0.497 e. The van der Waals surface area contributed by atoms with Crippen LogP contribution in [0.5, 0.6) is 11.5 Å². The summed E-state index contributed by atoms with van der Waals surface area (Å²) in [6.07, 6.45) is 3.63. The summed E-state index contributed by atoms with van der Waals surface area (Å²) in [6, 6.07) is 5.45. The van der Waals surface area contributed by atoms with E-state index in [1.807, 2.05) is 18.2 Å². The Morgan fingerprint density at radius 1 is 1.44 bits per heavy atom. The molecule has 0 amide bonds. The van der Waals surface area contributed by atoms with Crippen LogP contribution in [0, 0.1) is 5.92 Å². The third-order valence-electron chi connectivity index (χ3n) is 4.11. The molecule has 3 heteroatoms. The number of hydrogen-bond acceptors (Lipinski definition) is 3. The van der Waals surface area contributed by atoms with E-state index in [0.717, 1.165) is 25.0 Å². The second-order valence-corrected chi connectivity index (χ2v) is 5.60. The van der Waals surface area contributed by atoms with Crippen molar-refractivity contribution in [2.75, 3.05) is 7.11 Å². The molecule has 1 aromatic rings. The molecule has 0 bridgehead atoms. The van der Waals surface area contributed by atoms with Gasteiger partial charge in [0.2, 0.25) is 0 Å². The monoisotopic (exact) mass is 246 g/mol. The molecule has 1 aliphatic carbocycles. The fraction of sp³-hybridized carbons (Fsp3) is 0.533. The maximum absolute atomic E-state index is 12.2. The lowest BCUT2D eigenvalue weighted by molar-refractivity contribution is 0.0427. The molecule has 3 rings (SSSR count). The van der Waals surface area contributed by atoms with E-state index in [2.05, 4.69) is 6.92 Å². The molecule has 2 atom stereocenters. The molecular weight excluding hydrogens is 228 g/mol. The van der Waals surface area contributed by atoms with Gasteiger partial charge in [-0.1, -0.05) is 6.92 Å². The van der Waals surface area contributed by atoms with Crippen LogP contribution in [0.25, 0.3) is 0 Å². The van der Waals surface area contributed by atoms with Crippen LogP contribution in [0.15, 0.2) is 18.2 Å². The highest BCUT2D eigenvalue weighted by molar-refractivity contribution is 6.00. The van der Waals surface area contributed by atoms with Crippen LogP contribution in [0.2, 0.25) is 0 Å². The fourth-order valence-corrected chi connectivity index (χ4v) is 3.20. The first-order valence-electron chi connectivity index (χ1n) is 6.52. The van der Waals surface area contributed by atoms with Crippen molar-refractivity contribution >= 4 is 5.78 Å². The maximum Gasteiger partial charge on any atom is 0.170 e. The first-order valence-corrected chi connectivity index (χ1v) is 6.52. The van der Waals surface area contributed by atoms with Gasteiger partial charge in [-0.2, -0.15) is 0 Å². The van der Waals surface area contributed by atoms with Gasteiger partial charge in [0.25, 0.3) is 0 Å². The summed E-state index contributed by atoms with van der Waals surface area (Å²) >= 11 is 0. The van der Waals surface area contributed by atoms with E-state index in [1.165, 1.54) is 0 Å². The zero-order valence-electron chi connectivity index (χ0n) is 10.9. The molecule has 1 spiro atoms. The molecule has 1 aromatic carbocycles. The van der Waals surface area contributed by atoms with Crippen LogP contribution in [0.1, 0.15) is 43.0 Å². The molecule has 1 heterocycles. The molecule has 3 nitrogen and oxygen atoms in total. The van der Waals surface area contributed by atoms with Crippen molar-refractivity contribution in [2.24, 2.45) is 5.92 Å². The van der Waals surface area contributed by atoms with Crippen LogP contribution >= 0.6 is 0 Å². The molecule has 0 N–H and O–H groups in total. The lowest BCUT2D eigenvalue weighted by Gasteiger charge is -2.35. The van der Waals surface area contributed by atoms with Gasteiger partial charge in [-0.3, -0.25) is 4.79 Å². The number of benzene rings is 1. The standard InChI is InChI=1S/C15H18O3/c1-10-5-6-15(8-10)9-13(16)12-4-3-11(17-2)7-14(12)18-15/h3-4,7,10H,5-6,8-9H2,1-2H3. The van der Waals surface area contributed by atoms with Crippen molar-refractivity contribution in [2.45, 2.75) is 38.2 Å². The van der Waals surface area contributed by atoms with Gasteiger partial charge in [-0.25, -0.2) is 0 Å². The summed E-state index contributed by atoms with van der Waals surface area (Å²) in [7, 11) is 1.62. The second-order valence-electron chi connectivity index (χ2n) is 5.60.